The Morgan fingerprint density at radius 1 is 1.33 bits per heavy atom. The summed E-state index contributed by atoms with van der Waals surface area (Å²) in [5.74, 6) is -1.15. The minimum Gasteiger partial charge on any atom is -0.352 e. The van der Waals surface area contributed by atoms with Crippen LogP contribution >= 0.6 is 11.6 Å². The van der Waals surface area contributed by atoms with Crippen LogP contribution in [0, 0.1) is 0 Å². The SMILES string of the molecule is CN(C)S(=O)(=O)c1ccc(Cl)c(C(=O)NCCC2(C)OCCO2)c1. The van der Waals surface area contributed by atoms with Crippen molar-refractivity contribution >= 4 is 27.5 Å². The molecule has 1 aliphatic heterocycles. The maximum Gasteiger partial charge on any atom is 0.252 e. The molecule has 1 aliphatic rings. The average Bonchev–Trinajstić information content (AvgIpc) is 2.94. The van der Waals surface area contributed by atoms with E-state index in [1.807, 2.05) is 6.92 Å². The monoisotopic (exact) mass is 376 g/mol. The van der Waals surface area contributed by atoms with Crippen LogP contribution in [0.1, 0.15) is 23.7 Å². The summed E-state index contributed by atoms with van der Waals surface area (Å²) in [6.45, 7) is 3.18. The van der Waals surface area contributed by atoms with E-state index in [2.05, 4.69) is 5.32 Å². The summed E-state index contributed by atoms with van der Waals surface area (Å²) in [5.41, 5.74) is 0.109. The number of amides is 1. The quantitative estimate of drug-likeness (QED) is 0.812. The maximum absolute atomic E-state index is 12.3. The molecule has 1 heterocycles. The number of benzene rings is 1. The molecule has 0 spiro atoms. The Kier molecular flexibility index (Phi) is 5.87. The molecule has 0 radical (unpaired) electrons. The topological polar surface area (TPSA) is 84.9 Å². The van der Waals surface area contributed by atoms with E-state index in [9.17, 15) is 13.2 Å². The smallest absolute Gasteiger partial charge is 0.252 e. The summed E-state index contributed by atoms with van der Waals surface area (Å²) < 4.78 is 36.3. The van der Waals surface area contributed by atoms with Crippen LogP contribution in [0.2, 0.25) is 5.02 Å². The average molecular weight is 377 g/mol. The second-order valence-corrected chi connectivity index (χ2v) is 8.32. The molecule has 0 aliphatic carbocycles. The summed E-state index contributed by atoms with van der Waals surface area (Å²) in [5, 5.41) is 2.89. The van der Waals surface area contributed by atoms with Crippen molar-refractivity contribution in [1.82, 2.24) is 9.62 Å². The molecule has 1 aromatic carbocycles. The van der Waals surface area contributed by atoms with Crippen molar-refractivity contribution in [2.75, 3.05) is 33.9 Å². The lowest BCUT2D eigenvalue weighted by atomic mass is 10.2. The first-order valence-electron chi connectivity index (χ1n) is 7.44. The molecule has 134 valence electrons. The van der Waals surface area contributed by atoms with Gasteiger partial charge in [0.1, 0.15) is 0 Å². The molecule has 1 amide bonds. The minimum absolute atomic E-state index is 0.0106. The highest BCUT2D eigenvalue weighted by Gasteiger charge is 2.30. The molecule has 7 nitrogen and oxygen atoms in total. The molecule has 24 heavy (non-hydrogen) atoms. The van der Waals surface area contributed by atoms with Gasteiger partial charge in [0, 0.05) is 27.1 Å². The van der Waals surface area contributed by atoms with Gasteiger partial charge < -0.3 is 14.8 Å². The molecule has 1 fully saturated rings. The van der Waals surface area contributed by atoms with Gasteiger partial charge in [-0.25, -0.2) is 12.7 Å². The summed E-state index contributed by atoms with van der Waals surface area (Å²) in [4.78, 5) is 12.3. The molecule has 0 atom stereocenters. The van der Waals surface area contributed by atoms with Crippen LogP contribution in [0.25, 0.3) is 0 Å². The Bertz CT molecular complexity index is 715. The molecule has 2 rings (SSSR count). The van der Waals surface area contributed by atoms with E-state index in [-0.39, 0.29) is 15.5 Å². The predicted octanol–water partition coefficient (Wildman–Crippen LogP) is 1.47. The maximum atomic E-state index is 12.3. The summed E-state index contributed by atoms with van der Waals surface area (Å²) in [6, 6.07) is 4.05. The van der Waals surface area contributed by atoms with Gasteiger partial charge in [0.15, 0.2) is 5.79 Å². The lowest BCUT2D eigenvalue weighted by Gasteiger charge is -2.22. The van der Waals surface area contributed by atoms with Crippen molar-refractivity contribution in [1.29, 1.82) is 0 Å². The number of carbonyl (C=O) groups is 1. The van der Waals surface area contributed by atoms with Crippen LogP contribution in [0.15, 0.2) is 23.1 Å². The molecule has 9 heteroatoms. The van der Waals surface area contributed by atoms with E-state index in [0.29, 0.717) is 26.2 Å². The van der Waals surface area contributed by atoms with Crippen molar-refractivity contribution in [3.05, 3.63) is 28.8 Å². The molecule has 0 bridgehead atoms. The van der Waals surface area contributed by atoms with Gasteiger partial charge in [-0.2, -0.15) is 0 Å². The number of rotatable bonds is 6. The normalized spacial score (nSPS) is 17.2. The van der Waals surface area contributed by atoms with Crippen LogP contribution in [-0.4, -0.2) is 58.3 Å². The first-order chi connectivity index (χ1) is 11.2. The van der Waals surface area contributed by atoms with Gasteiger partial charge in [-0.05, 0) is 25.1 Å². The van der Waals surface area contributed by atoms with E-state index in [1.165, 1.54) is 32.3 Å². The predicted molar refractivity (Wildman–Crippen MR) is 89.6 cm³/mol. The number of hydrogen-bond donors (Lipinski definition) is 1. The van der Waals surface area contributed by atoms with Crippen molar-refractivity contribution in [2.45, 2.75) is 24.0 Å². The molecular weight excluding hydrogens is 356 g/mol. The molecule has 1 saturated heterocycles. The van der Waals surface area contributed by atoms with E-state index >= 15 is 0 Å². The zero-order chi connectivity index (χ0) is 18.0. The minimum atomic E-state index is -3.64. The second-order valence-electron chi connectivity index (χ2n) is 5.77. The third kappa shape index (κ3) is 4.25. The number of nitrogens with zero attached hydrogens (tertiary/aromatic N) is 1. The van der Waals surface area contributed by atoms with Crippen LogP contribution in [0.4, 0.5) is 0 Å². The summed E-state index contributed by atoms with van der Waals surface area (Å²) >= 11 is 6.04. The summed E-state index contributed by atoms with van der Waals surface area (Å²) in [7, 11) is -0.793. The van der Waals surface area contributed by atoms with Crippen LogP contribution in [0.5, 0.6) is 0 Å². The van der Waals surface area contributed by atoms with Crippen molar-refractivity contribution in [3.8, 4) is 0 Å². The van der Waals surface area contributed by atoms with E-state index in [4.69, 9.17) is 21.1 Å². The van der Waals surface area contributed by atoms with Gasteiger partial charge >= 0.3 is 0 Å². The molecular formula is C15H21ClN2O5S. The number of sulfonamides is 1. The third-order valence-electron chi connectivity index (χ3n) is 3.72. The lowest BCUT2D eigenvalue weighted by molar-refractivity contribution is -0.145. The van der Waals surface area contributed by atoms with Gasteiger partial charge in [-0.1, -0.05) is 11.6 Å². The van der Waals surface area contributed by atoms with E-state index in [1.54, 1.807) is 0 Å². The highest BCUT2D eigenvalue weighted by molar-refractivity contribution is 7.89. The Morgan fingerprint density at radius 3 is 2.54 bits per heavy atom. The number of hydrogen-bond acceptors (Lipinski definition) is 5. The Hall–Kier alpha value is -1.19. The molecule has 0 saturated carbocycles. The third-order valence-corrected chi connectivity index (χ3v) is 5.86. The Morgan fingerprint density at radius 2 is 1.96 bits per heavy atom. The van der Waals surface area contributed by atoms with Crippen molar-refractivity contribution < 1.29 is 22.7 Å². The van der Waals surface area contributed by atoms with Gasteiger partial charge in [-0.3, -0.25) is 4.79 Å². The Balaban J connectivity index is 2.09. The fourth-order valence-corrected chi connectivity index (χ4v) is 3.38. The van der Waals surface area contributed by atoms with Gasteiger partial charge in [0.2, 0.25) is 10.0 Å². The van der Waals surface area contributed by atoms with Crippen molar-refractivity contribution in [3.63, 3.8) is 0 Å². The number of ether oxygens (including phenoxy) is 2. The molecule has 0 unspecified atom stereocenters. The first kappa shape index (κ1) is 19.1. The van der Waals surface area contributed by atoms with Crippen LogP contribution < -0.4 is 5.32 Å². The molecule has 0 aromatic heterocycles. The standard InChI is InChI=1S/C15H21ClN2O5S/c1-15(22-8-9-23-15)6-7-17-14(19)12-10-11(4-5-13(12)16)24(20,21)18(2)3/h4-5,10H,6-9H2,1-3H3,(H,17,19). The summed E-state index contributed by atoms with van der Waals surface area (Å²) in [6.07, 6.45) is 0.478. The van der Waals surface area contributed by atoms with Crippen molar-refractivity contribution in [2.24, 2.45) is 0 Å². The lowest BCUT2D eigenvalue weighted by Crippen LogP contribution is -2.33. The van der Waals surface area contributed by atoms with E-state index < -0.39 is 21.7 Å². The highest BCUT2D eigenvalue weighted by atomic mass is 35.5. The van der Waals surface area contributed by atoms with Gasteiger partial charge in [-0.15, -0.1) is 0 Å². The molecule has 1 N–H and O–H groups in total. The molecule has 1 aromatic rings. The largest absolute Gasteiger partial charge is 0.352 e. The number of carbonyl (C=O) groups excluding carboxylic acids is 1. The van der Waals surface area contributed by atoms with Gasteiger partial charge in [0.05, 0.1) is 28.7 Å². The van der Waals surface area contributed by atoms with E-state index in [0.717, 1.165) is 4.31 Å². The number of nitrogens with one attached hydrogen (secondary N) is 1. The highest BCUT2D eigenvalue weighted by Crippen LogP contribution is 2.23. The van der Waals surface area contributed by atoms with Gasteiger partial charge in [0.25, 0.3) is 5.91 Å². The fraction of sp³-hybridized carbons (Fsp3) is 0.533. The zero-order valence-electron chi connectivity index (χ0n) is 13.8. The fourth-order valence-electron chi connectivity index (χ4n) is 2.25. The van der Waals surface area contributed by atoms with Crippen LogP contribution in [-0.2, 0) is 19.5 Å². The Labute approximate surface area is 146 Å². The zero-order valence-corrected chi connectivity index (χ0v) is 15.4. The van der Waals surface area contributed by atoms with Crippen LogP contribution in [0.3, 0.4) is 0 Å². The second kappa shape index (κ2) is 7.37. The number of halogens is 1. The first-order valence-corrected chi connectivity index (χ1v) is 9.26.